The number of hydrogen-bond donors (Lipinski definition) is 2. The van der Waals surface area contributed by atoms with E-state index in [1.165, 1.54) is 18.2 Å². The number of carbonyl (C=O) groups is 1. The highest BCUT2D eigenvalue weighted by atomic mass is 35.5. The molecule has 4 aliphatic rings. The fourth-order valence-corrected chi connectivity index (χ4v) is 9.60. The molecule has 2 heterocycles. The highest BCUT2D eigenvalue weighted by Crippen LogP contribution is 2.47. The second kappa shape index (κ2) is 13.8. The first-order chi connectivity index (χ1) is 22.1. The molecule has 6 atom stereocenters. The molecule has 9 nitrogen and oxygen atoms in total. The zero-order chi connectivity index (χ0) is 32.5. The summed E-state index contributed by atoms with van der Waals surface area (Å²) in [5.41, 5.74) is 3.28. The molecule has 1 saturated carbocycles. The normalized spacial score (nSPS) is 30.5. The van der Waals surface area contributed by atoms with E-state index in [9.17, 15) is 18.3 Å². The minimum atomic E-state index is -4.13. The molecule has 0 saturated heterocycles. The highest BCUT2D eigenvalue weighted by molar-refractivity contribution is 7.90. The number of methoxy groups -OCH3 is 2. The van der Waals surface area contributed by atoms with Crippen LogP contribution >= 0.6 is 11.6 Å². The maximum Gasteiger partial charge on any atom is 0.264 e. The van der Waals surface area contributed by atoms with Crippen molar-refractivity contribution in [3.05, 3.63) is 70.3 Å². The second-order valence-electron chi connectivity index (χ2n) is 13.4. The maximum atomic E-state index is 13.6. The fraction of sp³-hybridized carbons (Fsp3) is 0.571. The summed E-state index contributed by atoms with van der Waals surface area (Å²) < 4.78 is 47.1. The van der Waals surface area contributed by atoms with Gasteiger partial charge in [-0.05, 0) is 105 Å². The molecule has 11 heteroatoms. The van der Waals surface area contributed by atoms with Crippen LogP contribution in [0, 0.1) is 11.8 Å². The average Bonchev–Trinajstić information content (AvgIpc) is 3.16. The number of aryl methyl sites for hydroxylation is 1. The van der Waals surface area contributed by atoms with Crippen molar-refractivity contribution in [1.82, 2.24) is 4.72 Å². The van der Waals surface area contributed by atoms with Gasteiger partial charge in [0.15, 0.2) is 0 Å². The Morgan fingerprint density at radius 3 is 2.78 bits per heavy atom. The maximum absolute atomic E-state index is 13.6. The van der Waals surface area contributed by atoms with E-state index in [1.807, 2.05) is 12.1 Å². The van der Waals surface area contributed by atoms with E-state index in [0.717, 1.165) is 49.4 Å². The lowest BCUT2D eigenvalue weighted by Gasteiger charge is -2.46. The molecule has 46 heavy (non-hydrogen) atoms. The molecule has 1 amide bonds. The molecule has 1 fully saturated rings. The third-order valence-corrected chi connectivity index (χ3v) is 12.5. The van der Waals surface area contributed by atoms with Crippen LogP contribution in [-0.2, 0) is 31.3 Å². The monoisotopic (exact) mass is 672 g/mol. The first-order valence-electron chi connectivity index (χ1n) is 16.4. The van der Waals surface area contributed by atoms with Gasteiger partial charge >= 0.3 is 0 Å². The van der Waals surface area contributed by atoms with Crippen molar-refractivity contribution in [3.63, 3.8) is 0 Å². The van der Waals surface area contributed by atoms with Gasteiger partial charge in [0.1, 0.15) is 5.75 Å². The van der Waals surface area contributed by atoms with Gasteiger partial charge in [-0.2, -0.15) is 0 Å². The van der Waals surface area contributed by atoms with Crippen molar-refractivity contribution in [2.75, 3.05) is 45.4 Å². The number of ether oxygens (including phenoxy) is 3. The number of nitrogens with one attached hydrogen (secondary N) is 1. The number of amides is 1. The smallest absolute Gasteiger partial charge is 0.264 e. The highest BCUT2D eigenvalue weighted by Gasteiger charge is 2.44. The molecule has 2 aromatic rings. The lowest BCUT2D eigenvalue weighted by atomic mass is 9.68. The Bertz CT molecular complexity index is 1570. The number of halogens is 1. The van der Waals surface area contributed by atoms with E-state index in [0.29, 0.717) is 37.2 Å². The summed E-state index contributed by atoms with van der Waals surface area (Å²) in [5, 5.41) is 10.2. The Hall–Kier alpha value is -2.63. The van der Waals surface area contributed by atoms with Crippen LogP contribution in [0.15, 0.2) is 48.6 Å². The predicted molar refractivity (Wildman–Crippen MR) is 178 cm³/mol. The van der Waals surface area contributed by atoms with Gasteiger partial charge in [0.2, 0.25) is 10.0 Å². The van der Waals surface area contributed by atoms with Gasteiger partial charge in [-0.15, -0.1) is 0 Å². The Labute approximate surface area is 277 Å². The van der Waals surface area contributed by atoms with Crippen molar-refractivity contribution >= 4 is 33.2 Å². The third-order valence-electron chi connectivity index (χ3n) is 10.5. The summed E-state index contributed by atoms with van der Waals surface area (Å²) in [6.07, 6.45) is 8.67. The molecule has 0 radical (unpaired) electrons. The van der Waals surface area contributed by atoms with Crippen LogP contribution < -0.4 is 14.4 Å². The Morgan fingerprint density at radius 2 is 2.02 bits per heavy atom. The molecule has 3 unspecified atom stereocenters. The number of nitrogens with zero attached hydrogens (tertiary/aromatic N) is 1. The lowest BCUT2D eigenvalue weighted by molar-refractivity contribution is 0.0131. The number of aliphatic hydroxyl groups excluding tert-OH is 1. The van der Waals surface area contributed by atoms with Crippen LogP contribution in [0.5, 0.6) is 5.75 Å². The fourth-order valence-electron chi connectivity index (χ4n) is 7.94. The predicted octanol–water partition coefficient (Wildman–Crippen LogP) is 5.03. The summed E-state index contributed by atoms with van der Waals surface area (Å²) >= 11 is 6.42. The standard InChI is InChI=1S/C35H45ClN2O7S/c1-43-20-27(39)18-28-7-3-4-8-32(44-2)29-12-9-25(29)19-38-21-35(15-5-6-23-16-26(36)11-13-30(23)35)22-45-33-14-10-24(17-31(33)38)34(40)37-46(28,41)42/h4,8,10-11,13-14,16-17,25,27-29,32,39H,3,5-7,9,12,15,18-22H2,1-2H3,(H,37,40)/b8-4+/t25-,27?,28?,29+,32?,35-/m0/s1. The van der Waals surface area contributed by atoms with Crippen molar-refractivity contribution in [3.8, 4) is 5.75 Å². The summed E-state index contributed by atoms with van der Waals surface area (Å²) in [5.74, 6) is 0.658. The van der Waals surface area contributed by atoms with E-state index in [1.54, 1.807) is 25.3 Å². The number of hydrogen-bond acceptors (Lipinski definition) is 8. The zero-order valence-corrected chi connectivity index (χ0v) is 28.2. The van der Waals surface area contributed by atoms with E-state index in [-0.39, 0.29) is 36.5 Å². The molecule has 1 spiro atoms. The number of aliphatic hydroxyl groups is 1. The van der Waals surface area contributed by atoms with Crippen LogP contribution in [0.1, 0.15) is 66.4 Å². The largest absolute Gasteiger partial charge is 0.490 e. The SMILES string of the molecule is COCC(O)CC1CC/C=C/C(OC)[C@@H]2CC[C@H]2CN2C[C@@]3(CCCc4cc(Cl)ccc43)COc3ccc(cc32)C(=O)NS1(=O)=O. The number of rotatable bonds is 5. The van der Waals surface area contributed by atoms with Gasteiger partial charge < -0.3 is 24.2 Å². The molecule has 250 valence electrons. The molecule has 2 N–H and O–H groups in total. The van der Waals surface area contributed by atoms with Crippen molar-refractivity contribution in [1.29, 1.82) is 0 Å². The Kier molecular flexibility index (Phi) is 10.0. The van der Waals surface area contributed by atoms with Crippen molar-refractivity contribution < 1.29 is 32.5 Å². The van der Waals surface area contributed by atoms with Crippen molar-refractivity contribution in [2.24, 2.45) is 11.8 Å². The Balaban J connectivity index is 1.39. The van der Waals surface area contributed by atoms with Gasteiger partial charge in [0.25, 0.3) is 5.91 Å². The van der Waals surface area contributed by atoms with Crippen LogP contribution in [0.4, 0.5) is 5.69 Å². The molecule has 2 bridgehead atoms. The van der Waals surface area contributed by atoms with Gasteiger partial charge in [0, 0.05) is 43.3 Å². The summed E-state index contributed by atoms with van der Waals surface area (Å²) in [6.45, 7) is 1.97. The number of carbonyl (C=O) groups excluding carboxylic acids is 1. The molecule has 2 aromatic carbocycles. The minimum Gasteiger partial charge on any atom is -0.490 e. The van der Waals surface area contributed by atoms with Crippen LogP contribution in [0.3, 0.4) is 0 Å². The Morgan fingerprint density at radius 1 is 1.17 bits per heavy atom. The minimum absolute atomic E-state index is 0.00425. The summed E-state index contributed by atoms with van der Waals surface area (Å²) in [4.78, 5) is 15.9. The molecular weight excluding hydrogens is 628 g/mol. The van der Waals surface area contributed by atoms with E-state index < -0.39 is 27.3 Å². The van der Waals surface area contributed by atoms with E-state index in [2.05, 4.69) is 27.8 Å². The van der Waals surface area contributed by atoms with Crippen LogP contribution in [0.2, 0.25) is 5.02 Å². The number of anilines is 1. The van der Waals surface area contributed by atoms with E-state index in [4.69, 9.17) is 25.8 Å². The molecule has 2 aliphatic carbocycles. The summed E-state index contributed by atoms with van der Waals surface area (Å²) in [7, 11) is -0.943. The van der Waals surface area contributed by atoms with Gasteiger partial charge in [-0.25, -0.2) is 13.1 Å². The lowest BCUT2D eigenvalue weighted by Crippen LogP contribution is -2.49. The first-order valence-corrected chi connectivity index (χ1v) is 18.3. The third kappa shape index (κ3) is 6.83. The molecule has 6 rings (SSSR count). The van der Waals surface area contributed by atoms with Crippen LogP contribution in [0.25, 0.3) is 0 Å². The number of allylic oxidation sites excluding steroid dienone is 1. The van der Waals surface area contributed by atoms with Gasteiger partial charge in [-0.1, -0.05) is 29.8 Å². The van der Waals surface area contributed by atoms with Gasteiger partial charge in [-0.3, -0.25) is 4.79 Å². The number of fused-ring (bicyclic) bond motifs is 4. The molecule has 2 aliphatic heterocycles. The zero-order valence-electron chi connectivity index (χ0n) is 26.6. The molecular formula is C35H45ClN2O7S. The number of sulfonamides is 1. The van der Waals surface area contributed by atoms with E-state index >= 15 is 0 Å². The first kappa shape index (κ1) is 33.3. The average molecular weight is 673 g/mol. The summed E-state index contributed by atoms with van der Waals surface area (Å²) in [6, 6.07) is 11.4. The van der Waals surface area contributed by atoms with Crippen LogP contribution in [-0.4, -0.2) is 77.4 Å². The molecule has 0 aromatic heterocycles. The number of benzene rings is 2. The quantitative estimate of drug-likeness (QED) is 0.426. The topological polar surface area (TPSA) is 114 Å². The second-order valence-corrected chi connectivity index (χ2v) is 15.8. The van der Waals surface area contributed by atoms with Gasteiger partial charge in [0.05, 0.1) is 36.4 Å². The van der Waals surface area contributed by atoms with Crippen molar-refractivity contribution in [2.45, 2.75) is 74.2 Å².